The van der Waals surface area contributed by atoms with E-state index in [2.05, 4.69) is 5.32 Å². The van der Waals surface area contributed by atoms with E-state index in [0.717, 1.165) is 25.9 Å². The smallest absolute Gasteiger partial charge is 0.281 e. The van der Waals surface area contributed by atoms with Gasteiger partial charge in [0.15, 0.2) is 0 Å². The molecule has 2 heterocycles. The number of hydrogen-bond acceptors (Lipinski definition) is 3. The molecule has 0 aliphatic carbocycles. The van der Waals surface area contributed by atoms with Gasteiger partial charge in [0, 0.05) is 26.2 Å². The third-order valence-electron chi connectivity index (χ3n) is 3.95. The number of nitrogens with zero attached hydrogens (tertiary/aromatic N) is 2. The molecule has 2 aliphatic rings. The van der Waals surface area contributed by atoms with Crippen LogP contribution < -0.4 is 5.32 Å². The quantitative estimate of drug-likeness (QED) is 0.768. The number of fused-ring (bicyclic) bond motifs is 1. The summed E-state index contributed by atoms with van der Waals surface area (Å²) in [6.07, 6.45) is 1.75. The number of hydrogen-bond donors (Lipinski definition) is 1. The zero-order chi connectivity index (χ0) is 13.2. The first-order valence-corrected chi connectivity index (χ1v) is 8.45. The van der Waals surface area contributed by atoms with Gasteiger partial charge in [-0.1, -0.05) is 13.8 Å². The van der Waals surface area contributed by atoms with E-state index in [9.17, 15) is 8.42 Å². The Morgan fingerprint density at radius 2 is 1.61 bits per heavy atom. The summed E-state index contributed by atoms with van der Waals surface area (Å²) < 4.78 is 28.5. The lowest BCUT2D eigenvalue weighted by molar-refractivity contribution is 0.350. The molecule has 0 bridgehead atoms. The lowest BCUT2D eigenvalue weighted by atomic mass is 10.0. The molecule has 6 heteroatoms. The molecule has 0 aromatic carbocycles. The molecule has 0 aromatic heterocycles. The van der Waals surface area contributed by atoms with Gasteiger partial charge in [-0.25, -0.2) is 0 Å². The van der Waals surface area contributed by atoms with Crippen LogP contribution in [0.2, 0.25) is 0 Å². The van der Waals surface area contributed by atoms with E-state index >= 15 is 0 Å². The molecular formula is C12H25N3O2S. The van der Waals surface area contributed by atoms with E-state index in [4.69, 9.17) is 0 Å². The van der Waals surface area contributed by atoms with Crippen molar-refractivity contribution in [2.45, 2.75) is 26.7 Å². The molecule has 0 aromatic rings. The lowest BCUT2D eigenvalue weighted by Gasteiger charge is -2.27. The van der Waals surface area contributed by atoms with Gasteiger partial charge < -0.3 is 5.32 Å². The summed E-state index contributed by atoms with van der Waals surface area (Å²) in [6.45, 7) is 8.67. The third-order valence-corrected chi connectivity index (χ3v) is 5.92. The fourth-order valence-electron chi connectivity index (χ4n) is 3.01. The Balaban J connectivity index is 2.05. The molecule has 5 nitrogen and oxygen atoms in total. The van der Waals surface area contributed by atoms with E-state index < -0.39 is 10.2 Å². The van der Waals surface area contributed by atoms with Gasteiger partial charge in [-0.05, 0) is 37.8 Å². The summed E-state index contributed by atoms with van der Waals surface area (Å²) in [5, 5.41) is 3.34. The normalized spacial score (nSPS) is 29.1. The van der Waals surface area contributed by atoms with Crippen LogP contribution in [0.5, 0.6) is 0 Å². The fourth-order valence-corrected chi connectivity index (χ4v) is 4.92. The Hall–Kier alpha value is -0.170. The van der Waals surface area contributed by atoms with Crippen LogP contribution in [-0.2, 0) is 10.2 Å². The largest absolute Gasteiger partial charge is 0.316 e. The zero-order valence-corrected chi connectivity index (χ0v) is 12.2. The Labute approximate surface area is 111 Å². The minimum atomic E-state index is -3.23. The summed E-state index contributed by atoms with van der Waals surface area (Å²) >= 11 is 0. The maximum absolute atomic E-state index is 12.6. The molecule has 2 saturated heterocycles. The van der Waals surface area contributed by atoms with Crippen molar-refractivity contribution in [2.24, 2.45) is 11.8 Å². The van der Waals surface area contributed by atoms with Crippen molar-refractivity contribution < 1.29 is 8.42 Å². The van der Waals surface area contributed by atoms with E-state index in [1.54, 1.807) is 8.61 Å². The molecule has 0 unspecified atom stereocenters. The fraction of sp³-hybridized carbons (Fsp3) is 1.00. The van der Waals surface area contributed by atoms with Crippen LogP contribution >= 0.6 is 0 Å². The van der Waals surface area contributed by atoms with Crippen molar-refractivity contribution in [3.63, 3.8) is 0 Å². The minimum absolute atomic E-state index is 0.518. The zero-order valence-electron chi connectivity index (χ0n) is 11.4. The molecule has 0 amide bonds. The van der Waals surface area contributed by atoms with Gasteiger partial charge in [0.05, 0.1) is 0 Å². The molecule has 18 heavy (non-hydrogen) atoms. The standard InChI is InChI=1S/C12H25N3O2S/c1-3-5-14(6-4-2)18(16,17)15-9-11-7-13-8-12(11)10-15/h11-13H,3-10H2,1-2H3/t11-,12+. The molecule has 2 rings (SSSR count). The van der Waals surface area contributed by atoms with E-state index in [0.29, 0.717) is 38.0 Å². The Morgan fingerprint density at radius 3 is 2.06 bits per heavy atom. The van der Waals surface area contributed by atoms with Crippen molar-refractivity contribution >= 4 is 10.2 Å². The number of nitrogens with one attached hydrogen (secondary N) is 1. The second kappa shape index (κ2) is 5.86. The van der Waals surface area contributed by atoms with Gasteiger partial charge >= 0.3 is 0 Å². The molecule has 2 aliphatic heterocycles. The van der Waals surface area contributed by atoms with Crippen LogP contribution in [0.3, 0.4) is 0 Å². The summed E-state index contributed by atoms with van der Waals surface area (Å²) in [4.78, 5) is 0. The topological polar surface area (TPSA) is 52.7 Å². The van der Waals surface area contributed by atoms with Gasteiger partial charge in [0.25, 0.3) is 10.2 Å². The molecule has 1 N–H and O–H groups in total. The van der Waals surface area contributed by atoms with E-state index in [1.165, 1.54) is 0 Å². The van der Waals surface area contributed by atoms with Crippen LogP contribution in [0.15, 0.2) is 0 Å². The van der Waals surface area contributed by atoms with Crippen molar-refractivity contribution in [3.05, 3.63) is 0 Å². The van der Waals surface area contributed by atoms with Crippen LogP contribution in [0, 0.1) is 11.8 Å². The molecule has 2 fully saturated rings. The second-order valence-corrected chi connectivity index (χ2v) is 7.33. The van der Waals surface area contributed by atoms with Crippen LogP contribution in [0.1, 0.15) is 26.7 Å². The molecule has 2 atom stereocenters. The van der Waals surface area contributed by atoms with E-state index in [1.807, 2.05) is 13.8 Å². The van der Waals surface area contributed by atoms with Crippen molar-refractivity contribution in [1.29, 1.82) is 0 Å². The predicted molar refractivity (Wildman–Crippen MR) is 72.5 cm³/mol. The highest BCUT2D eigenvalue weighted by molar-refractivity contribution is 7.86. The first kappa shape index (κ1) is 14.2. The predicted octanol–water partition coefficient (Wildman–Crippen LogP) is 0.504. The van der Waals surface area contributed by atoms with Gasteiger partial charge in [-0.3, -0.25) is 0 Å². The maximum atomic E-state index is 12.6. The molecule has 0 spiro atoms. The summed E-state index contributed by atoms with van der Waals surface area (Å²) in [6, 6.07) is 0. The summed E-state index contributed by atoms with van der Waals surface area (Å²) in [5.74, 6) is 1.04. The van der Waals surface area contributed by atoms with Crippen molar-refractivity contribution in [2.75, 3.05) is 39.3 Å². The Morgan fingerprint density at radius 1 is 1.11 bits per heavy atom. The SMILES string of the molecule is CCCN(CCC)S(=O)(=O)N1C[C@H]2CNC[C@H]2C1. The average molecular weight is 275 g/mol. The van der Waals surface area contributed by atoms with Crippen molar-refractivity contribution in [1.82, 2.24) is 13.9 Å². The van der Waals surface area contributed by atoms with Gasteiger partial charge in [-0.2, -0.15) is 17.0 Å². The van der Waals surface area contributed by atoms with Gasteiger partial charge in [0.1, 0.15) is 0 Å². The van der Waals surface area contributed by atoms with Crippen LogP contribution in [-0.4, -0.2) is 56.3 Å². The third kappa shape index (κ3) is 2.71. The minimum Gasteiger partial charge on any atom is -0.316 e. The second-order valence-electron chi connectivity index (χ2n) is 5.40. The average Bonchev–Trinajstić information content (AvgIpc) is 2.88. The van der Waals surface area contributed by atoms with Gasteiger partial charge in [0.2, 0.25) is 0 Å². The molecule has 0 radical (unpaired) electrons. The maximum Gasteiger partial charge on any atom is 0.281 e. The highest BCUT2D eigenvalue weighted by atomic mass is 32.2. The van der Waals surface area contributed by atoms with Gasteiger partial charge in [-0.15, -0.1) is 0 Å². The number of rotatable bonds is 6. The van der Waals surface area contributed by atoms with Crippen LogP contribution in [0.4, 0.5) is 0 Å². The first-order valence-electron chi connectivity index (χ1n) is 7.05. The monoisotopic (exact) mass is 275 g/mol. The highest BCUT2D eigenvalue weighted by Crippen LogP contribution is 2.29. The molecule has 106 valence electrons. The highest BCUT2D eigenvalue weighted by Gasteiger charge is 2.42. The summed E-state index contributed by atoms with van der Waals surface area (Å²) in [5.41, 5.74) is 0. The summed E-state index contributed by atoms with van der Waals surface area (Å²) in [7, 11) is -3.23. The molecule has 0 saturated carbocycles. The van der Waals surface area contributed by atoms with Crippen molar-refractivity contribution in [3.8, 4) is 0 Å². The molecular weight excluding hydrogens is 250 g/mol. The Bertz CT molecular complexity index is 354. The Kier molecular flexibility index (Phi) is 4.64. The first-order chi connectivity index (χ1) is 8.59. The lowest BCUT2D eigenvalue weighted by Crippen LogP contribution is -2.44. The van der Waals surface area contributed by atoms with Crippen LogP contribution in [0.25, 0.3) is 0 Å². The van der Waals surface area contributed by atoms with E-state index in [-0.39, 0.29) is 0 Å².